The Kier molecular flexibility index (Phi) is 4.04. The largest absolute Gasteiger partial charge is 0.392 e. The molecule has 3 heteroatoms. The first-order valence-corrected chi connectivity index (χ1v) is 7.40. The highest BCUT2D eigenvalue weighted by molar-refractivity contribution is 5.42. The van der Waals surface area contributed by atoms with Gasteiger partial charge < -0.3 is 10.8 Å². The van der Waals surface area contributed by atoms with Crippen molar-refractivity contribution in [3.8, 4) is 0 Å². The fraction of sp³-hybridized carbons (Fsp3) is 0.333. The van der Waals surface area contributed by atoms with Crippen LogP contribution in [-0.2, 0) is 12.8 Å². The third-order valence-corrected chi connectivity index (χ3v) is 4.34. The van der Waals surface area contributed by atoms with Crippen molar-refractivity contribution in [1.29, 1.82) is 0 Å². The Morgan fingerprint density at radius 2 is 1.95 bits per heavy atom. The number of aliphatic hydroxyl groups is 1. The molecule has 0 amide bonds. The fourth-order valence-electron chi connectivity index (χ4n) is 3.27. The van der Waals surface area contributed by atoms with E-state index in [1.165, 1.54) is 22.8 Å². The summed E-state index contributed by atoms with van der Waals surface area (Å²) in [5.41, 5.74) is 10.3. The standard InChI is InChI=1S/C18H20FNO/c19-16-6-5-12-7-13-3-1-2-4-18(13)15(8-14(12)9-16)10-17(21)11-20/h1-6,9,15,17,21H,7-8,10-11,20H2/t15-,17?/m1/s1. The number of benzene rings is 2. The van der Waals surface area contributed by atoms with E-state index < -0.39 is 6.10 Å². The molecular weight excluding hydrogens is 265 g/mol. The third kappa shape index (κ3) is 2.99. The average Bonchev–Trinajstić information content (AvgIpc) is 2.63. The first kappa shape index (κ1) is 14.2. The average molecular weight is 285 g/mol. The predicted octanol–water partition coefficient (Wildman–Crippen LogP) is 2.77. The molecule has 110 valence electrons. The van der Waals surface area contributed by atoms with Gasteiger partial charge in [0.2, 0.25) is 0 Å². The van der Waals surface area contributed by atoms with Gasteiger partial charge in [0, 0.05) is 6.54 Å². The molecule has 0 aliphatic heterocycles. The molecule has 0 saturated heterocycles. The van der Waals surface area contributed by atoms with Gasteiger partial charge in [-0.15, -0.1) is 0 Å². The van der Waals surface area contributed by atoms with Crippen molar-refractivity contribution in [2.45, 2.75) is 31.3 Å². The van der Waals surface area contributed by atoms with E-state index in [2.05, 4.69) is 12.1 Å². The Bertz CT molecular complexity index is 641. The Balaban J connectivity index is 2.03. The van der Waals surface area contributed by atoms with Crippen LogP contribution in [0.3, 0.4) is 0 Å². The Morgan fingerprint density at radius 1 is 1.14 bits per heavy atom. The number of hydrogen-bond acceptors (Lipinski definition) is 2. The van der Waals surface area contributed by atoms with Crippen LogP contribution in [0.1, 0.15) is 34.6 Å². The van der Waals surface area contributed by atoms with Crippen LogP contribution in [0.15, 0.2) is 42.5 Å². The normalized spacial score (nSPS) is 18.5. The monoisotopic (exact) mass is 285 g/mol. The van der Waals surface area contributed by atoms with Crippen LogP contribution in [0.4, 0.5) is 4.39 Å². The maximum atomic E-state index is 13.5. The molecule has 0 radical (unpaired) electrons. The quantitative estimate of drug-likeness (QED) is 0.911. The van der Waals surface area contributed by atoms with Crippen molar-refractivity contribution in [2.24, 2.45) is 5.73 Å². The lowest BCUT2D eigenvalue weighted by atomic mass is 9.87. The van der Waals surface area contributed by atoms with Gasteiger partial charge in [0.25, 0.3) is 0 Å². The van der Waals surface area contributed by atoms with Gasteiger partial charge in [-0.25, -0.2) is 4.39 Å². The van der Waals surface area contributed by atoms with E-state index in [1.54, 1.807) is 6.07 Å². The lowest BCUT2D eigenvalue weighted by molar-refractivity contribution is 0.162. The summed E-state index contributed by atoms with van der Waals surface area (Å²) in [5, 5.41) is 9.93. The van der Waals surface area contributed by atoms with E-state index in [0.717, 1.165) is 18.4 Å². The molecule has 0 bridgehead atoms. The smallest absolute Gasteiger partial charge is 0.123 e. The molecule has 2 nitrogen and oxygen atoms in total. The first-order valence-electron chi connectivity index (χ1n) is 7.40. The van der Waals surface area contributed by atoms with Gasteiger partial charge in [-0.05, 0) is 59.6 Å². The van der Waals surface area contributed by atoms with Crippen LogP contribution in [-0.4, -0.2) is 17.8 Å². The Hall–Kier alpha value is -1.71. The Morgan fingerprint density at radius 3 is 2.76 bits per heavy atom. The van der Waals surface area contributed by atoms with Gasteiger partial charge in [0.1, 0.15) is 5.82 Å². The van der Waals surface area contributed by atoms with E-state index in [0.29, 0.717) is 6.42 Å². The molecule has 0 aromatic heterocycles. The van der Waals surface area contributed by atoms with E-state index in [4.69, 9.17) is 5.73 Å². The molecule has 0 fully saturated rings. The summed E-state index contributed by atoms with van der Waals surface area (Å²) >= 11 is 0. The van der Waals surface area contributed by atoms with Gasteiger partial charge in [0.15, 0.2) is 0 Å². The fourth-order valence-corrected chi connectivity index (χ4v) is 3.27. The minimum Gasteiger partial charge on any atom is -0.392 e. The minimum atomic E-state index is -0.516. The molecular formula is C18H20FNO. The molecule has 2 aromatic rings. The van der Waals surface area contributed by atoms with Crippen molar-refractivity contribution in [3.63, 3.8) is 0 Å². The second kappa shape index (κ2) is 5.96. The van der Waals surface area contributed by atoms with E-state index in [-0.39, 0.29) is 18.3 Å². The number of fused-ring (bicyclic) bond motifs is 2. The number of halogens is 1. The number of rotatable bonds is 3. The van der Waals surface area contributed by atoms with E-state index in [9.17, 15) is 9.50 Å². The predicted molar refractivity (Wildman–Crippen MR) is 81.8 cm³/mol. The van der Waals surface area contributed by atoms with Crippen LogP contribution in [0.2, 0.25) is 0 Å². The van der Waals surface area contributed by atoms with Crippen molar-refractivity contribution in [2.75, 3.05) is 6.54 Å². The van der Waals surface area contributed by atoms with Crippen LogP contribution >= 0.6 is 0 Å². The molecule has 0 saturated carbocycles. The maximum absolute atomic E-state index is 13.5. The second-order valence-electron chi connectivity index (χ2n) is 5.81. The summed E-state index contributed by atoms with van der Waals surface area (Å²) in [5.74, 6) is -0.0133. The zero-order valence-corrected chi connectivity index (χ0v) is 11.9. The highest BCUT2D eigenvalue weighted by Gasteiger charge is 2.24. The van der Waals surface area contributed by atoms with Gasteiger partial charge in [-0.1, -0.05) is 30.3 Å². The molecule has 3 rings (SSSR count). The van der Waals surface area contributed by atoms with Gasteiger partial charge >= 0.3 is 0 Å². The van der Waals surface area contributed by atoms with Gasteiger partial charge in [0.05, 0.1) is 6.10 Å². The summed E-state index contributed by atoms with van der Waals surface area (Å²) in [4.78, 5) is 0. The zero-order chi connectivity index (χ0) is 14.8. The summed E-state index contributed by atoms with van der Waals surface area (Å²) < 4.78 is 13.5. The molecule has 0 spiro atoms. The second-order valence-corrected chi connectivity index (χ2v) is 5.81. The summed E-state index contributed by atoms with van der Waals surface area (Å²) in [7, 11) is 0. The molecule has 3 N–H and O–H groups in total. The number of aliphatic hydroxyl groups excluding tert-OH is 1. The van der Waals surface area contributed by atoms with Gasteiger partial charge in [-0.2, -0.15) is 0 Å². The molecule has 0 heterocycles. The Labute approximate surface area is 124 Å². The molecule has 1 unspecified atom stereocenters. The highest BCUT2D eigenvalue weighted by atomic mass is 19.1. The number of nitrogens with two attached hydrogens (primary N) is 1. The molecule has 1 aliphatic rings. The molecule has 2 atom stereocenters. The number of hydrogen-bond donors (Lipinski definition) is 2. The first-order chi connectivity index (χ1) is 10.2. The van der Waals surface area contributed by atoms with Crippen LogP contribution in [0.25, 0.3) is 0 Å². The summed E-state index contributed by atoms with van der Waals surface area (Å²) in [6.07, 6.45) is 1.67. The van der Waals surface area contributed by atoms with Crippen molar-refractivity contribution in [3.05, 3.63) is 70.5 Å². The minimum absolute atomic E-state index is 0.183. The highest BCUT2D eigenvalue weighted by Crippen LogP contribution is 2.34. The molecule has 1 aliphatic carbocycles. The molecule has 2 aromatic carbocycles. The van der Waals surface area contributed by atoms with Crippen LogP contribution < -0.4 is 5.73 Å². The van der Waals surface area contributed by atoms with Crippen LogP contribution in [0.5, 0.6) is 0 Å². The zero-order valence-electron chi connectivity index (χ0n) is 11.9. The van der Waals surface area contributed by atoms with Crippen LogP contribution in [0, 0.1) is 5.82 Å². The molecule has 21 heavy (non-hydrogen) atoms. The summed E-state index contributed by atoms with van der Waals surface area (Å²) in [6.45, 7) is 0.259. The lowest BCUT2D eigenvalue weighted by Crippen LogP contribution is -2.23. The summed E-state index contributed by atoms with van der Waals surface area (Å²) in [6, 6.07) is 13.3. The van der Waals surface area contributed by atoms with E-state index in [1.807, 2.05) is 18.2 Å². The maximum Gasteiger partial charge on any atom is 0.123 e. The van der Waals surface area contributed by atoms with E-state index >= 15 is 0 Å². The van der Waals surface area contributed by atoms with Crippen molar-refractivity contribution >= 4 is 0 Å². The van der Waals surface area contributed by atoms with Gasteiger partial charge in [-0.3, -0.25) is 0 Å². The SMILES string of the molecule is NCC(O)C[C@H]1Cc2cc(F)ccc2Cc2ccccc21. The van der Waals surface area contributed by atoms with Crippen molar-refractivity contribution in [1.82, 2.24) is 0 Å². The lowest BCUT2D eigenvalue weighted by Gasteiger charge is -2.20. The third-order valence-electron chi connectivity index (χ3n) is 4.34. The topological polar surface area (TPSA) is 46.2 Å². The van der Waals surface area contributed by atoms with Crippen molar-refractivity contribution < 1.29 is 9.50 Å².